The molecule has 1 aromatic carbocycles. The van der Waals surface area contributed by atoms with Crippen LogP contribution in [0.25, 0.3) is 0 Å². The number of methoxy groups -OCH3 is 1. The summed E-state index contributed by atoms with van der Waals surface area (Å²) in [5.74, 6) is 1.52. The van der Waals surface area contributed by atoms with Crippen LogP contribution in [0.15, 0.2) is 34.7 Å². The maximum Gasteiger partial charge on any atom is 0.235 e. The zero-order chi connectivity index (χ0) is 21.0. The van der Waals surface area contributed by atoms with Crippen LogP contribution in [0.4, 0.5) is 16.6 Å². The van der Waals surface area contributed by atoms with Gasteiger partial charge < -0.3 is 15.4 Å². The lowest BCUT2D eigenvalue weighted by atomic mass is 9.92. The van der Waals surface area contributed by atoms with E-state index in [4.69, 9.17) is 4.74 Å². The van der Waals surface area contributed by atoms with E-state index in [0.717, 1.165) is 17.1 Å². The minimum Gasteiger partial charge on any atom is -0.495 e. The van der Waals surface area contributed by atoms with Crippen molar-refractivity contribution in [3.05, 3.63) is 36.0 Å². The predicted octanol–water partition coefficient (Wildman–Crippen LogP) is 4.05. The zero-order valence-corrected chi connectivity index (χ0v) is 18.6. The van der Waals surface area contributed by atoms with Crippen LogP contribution >= 0.6 is 23.1 Å². The summed E-state index contributed by atoms with van der Waals surface area (Å²) in [7, 11) is 3.44. The Morgan fingerprint density at radius 1 is 1.28 bits per heavy atom. The second-order valence-electron chi connectivity index (χ2n) is 7.32. The first-order valence-electron chi connectivity index (χ1n) is 8.97. The number of aryl methyl sites for hydroxylation is 1. The topological polar surface area (TPSA) is 94.0 Å². The van der Waals surface area contributed by atoms with Gasteiger partial charge in [0.1, 0.15) is 11.6 Å². The number of benzene rings is 1. The lowest BCUT2D eigenvalue weighted by molar-refractivity contribution is -0.113. The van der Waals surface area contributed by atoms with Gasteiger partial charge in [0, 0.05) is 18.5 Å². The lowest BCUT2D eigenvalue weighted by Gasteiger charge is -2.13. The molecule has 0 aliphatic carbocycles. The van der Waals surface area contributed by atoms with Crippen LogP contribution in [0.3, 0.4) is 0 Å². The van der Waals surface area contributed by atoms with Crippen LogP contribution in [0.1, 0.15) is 26.5 Å². The van der Waals surface area contributed by atoms with Crippen LogP contribution in [0.2, 0.25) is 0 Å². The number of ether oxygens (including phenoxy) is 1. The molecule has 10 heteroatoms. The van der Waals surface area contributed by atoms with Gasteiger partial charge in [-0.2, -0.15) is 5.10 Å². The van der Waals surface area contributed by atoms with Crippen LogP contribution in [0, 0.1) is 0 Å². The Morgan fingerprint density at radius 3 is 2.72 bits per heavy atom. The van der Waals surface area contributed by atoms with Gasteiger partial charge in [-0.25, -0.2) is 0 Å². The molecule has 2 aromatic heterocycles. The molecule has 0 saturated heterocycles. The van der Waals surface area contributed by atoms with E-state index < -0.39 is 0 Å². The van der Waals surface area contributed by atoms with Gasteiger partial charge in [0.15, 0.2) is 4.34 Å². The molecule has 3 rings (SSSR count). The molecule has 2 heterocycles. The van der Waals surface area contributed by atoms with Crippen molar-refractivity contribution in [1.82, 2.24) is 20.0 Å². The molecule has 3 aromatic rings. The second kappa shape index (κ2) is 8.83. The van der Waals surface area contributed by atoms with Gasteiger partial charge in [0.05, 0.1) is 24.2 Å². The number of anilines is 3. The normalized spacial score (nSPS) is 11.3. The number of para-hydroxylation sites is 2. The number of carbonyl (C=O) groups excluding carboxylic acids is 1. The number of thioether (sulfide) groups is 1. The minimum atomic E-state index is -0.118. The van der Waals surface area contributed by atoms with Crippen LogP contribution in [-0.2, 0) is 17.3 Å². The first-order chi connectivity index (χ1) is 13.8. The number of carbonyl (C=O) groups is 1. The lowest BCUT2D eigenvalue weighted by Crippen LogP contribution is -2.16. The summed E-state index contributed by atoms with van der Waals surface area (Å²) in [5, 5.41) is 19.5. The fraction of sp³-hybridized carbons (Fsp3) is 0.368. The standard InChI is InChI=1S/C19H24N6O2S2/c1-19(2,3)14-10-15(25(4)24-14)21-16(26)11-28-18-23-22-17(29-18)20-12-8-6-7-9-13(12)27-5/h6-10H,11H2,1-5H3,(H,20,22)(H,21,26). The number of rotatable bonds is 7. The molecule has 8 nitrogen and oxygen atoms in total. The number of aromatic nitrogens is 4. The van der Waals surface area contributed by atoms with Gasteiger partial charge in [-0.05, 0) is 12.1 Å². The Balaban J connectivity index is 1.56. The first-order valence-corrected chi connectivity index (χ1v) is 10.8. The number of nitrogens with zero attached hydrogens (tertiary/aromatic N) is 4. The number of hydrogen-bond acceptors (Lipinski definition) is 8. The molecule has 0 bridgehead atoms. The van der Waals surface area contributed by atoms with Crippen molar-refractivity contribution >= 4 is 45.6 Å². The summed E-state index contributed by atoms with van der Waals surface area (Å²) in [6.45, 7) is 6.26. The molecule has 0 atom stereocenters. The van der Waals surface area contributed by atoms with Crippen molar-refractivity contribution in [2.24, 2.45) is 7.05 Å². The van der Waals surface area contributed by atoms with Crippen molar-refractivity contribution in [2.45, 2.75) is 30.5 Å². The third kappa shape index (κ3) is 5.48. The Kier molecular flexibility index (Phi) is 6.43. The van der Waals surface area contributed by atoms with Gasteiger partial charge in [-0.1, -0.05) is 56.0 Å². The molecule has 0 unspecified atom stereocenters. The van der Waals surface area contributed by atoms with E-state index in [9.17, 15) is 4.79 Å². The average molecular weight is 433 g/mol. The third-order valence-electron chi connectivity index (χ3n) is 4.00. The predicted molar refractivity (Wildman–Crippen MR) is 117 cm³/mol. The maximum absolute atomic E-state index is 12.3. The van der Waals surface area contributed by atoms with E-state index >= 15 is 0 Å². The quantitative estimate of drug-likeness (QED) is 0.544. The Hall–Kier alpha value is -2.59. The van der Waals surface area contributed by atoms with E-state index in [0.29, 0.717) is 15.3 Å². The van der Waals surface area contributed by atoms with Crippen molar-refractivity contribution in [3.8, 4) is 5.75 Å². The van der Waals surface area contributed by atoms with Gasteiger partial charge in [0.25, 0.3) is 0 Å². The van der Waals surface area contributed by atoms with E-state index in [1.807, 2.05) is 37.4 Å². The van der Waals surface area contributed by atoms with Gasteiger partial charge in [0.2, 0.25) is 11.0 Å². The summed E-state index contributed by atoms with van der Waals surface area (Å²) in [6, 6.07) is 9.49. The summed E-state index contributed by atoms with van der Waals surface area (Å²) in [4.78, 5) is 12.3. The third-order valence-corrected chi connectivity index (χ3v) is 5.97. The smallest absolute Gasteiger partial charge is 0.235 e. The molecule has 0 radical (unpaired) electrons. The Labute approximate surface area is 178 Å². The molecule has 0 aliphatic heterocycles. The minimum absolute atomic E-state index is 0.0765. The molecule has 154 valence electrons. The Morgan fingerprint density at radius 2 is 2.03 bits per heavy atom. The highest BCUT2D eigenvalue weighted by molar-refractivity contribution is 8.01. The molecule has 0 saturated carbocycles. The zero-order valence-electron chi connectivity index (χ0n) is 17.0. The van der Waals surface area contributed by atoms with Crippen LogP contribution < -0.4 is 15.4 Å². The molecule has 0 fully saturated rings. The van der Waals surface area contributed by atoms with Crippen molar-refractivity contribution in [1.29, 1.82) is 0 Å². The van der Waals surface area contributed by atoms with E-state index in [1.165, 1.54) is 23.1 Å². The molecular weight excluding hydrogens is 408 g/mol. The summed E-state index contributed by atoms with van der Waals surface area (Å²) < 4.78 is 7.71. The first kappa shape index (κ1) is 21.1. The van der Waals surface area contributed by atoms with E-state index in [-0.39, 0.29) is 17.1 Å². The number of nitrogens with one attached hydrogen (secondary N) is 2. The van der Waals surface area contributed by atoms with E-state index in [2.05, 4.69) is 46.7 Å². The highest BCUT2D eigenvalue weighted by Gasteiger charge is 2.20. The summed E-state index contributed by atoms with van der Waals surface area (Å²) in [5.41, 5.74) is 1.66. The number of amides is 1. The van der Waals surface area contributed by atoms with E-state index in [1.54, 1.807) is 11.8 Å². The van der Waals surface area contributed by atoms with Gasteiger partial charge in [-0.15, -0.1) is 10.2 Å². The molecular formula is C19H24N6O2S2. The van der Waals surface area contributed by atoms with Gasteiger partial charge >= 0.3 is 0 Å². The van der Waals surface area contributed by atoms with Crippen LogP contribution in [-0.4, -0.2) is 38.7 Å². The fourth-order valence-electron chi connectivity index (χ4n) is 2.44. The fourth-order valence-corrected chi connectivity index (χ4v) is 4.00. The summed E-state index contributed by atoms with van der Waals surface area (Å²) in [6.07, 6.45) is 0. The second-order valence-corrected chi connectivity index (χ2v) is 9.52. The molecule has 0 aliphatic rings. The number of hydrogen-bond donors (Lipinski definition) is 2. The molecule has 2 N–H and O–H groups in total. The highest BCUT2D eigenvalue weighted by atomic mass is 32.2. The molecule has 0 spiro atoms. The SMILES string of the molecule is COc1ccccc1Nc1nnc(SCC(=O)Nc2cc(C(C)(C)C)nn2C)s1. The summed E-state index contributed by atoms with van der Waals surface area (Å²) >= 11 is 2.72. The largest absolute Gasteiger partial charge is 0.495 e. The van der Waals surface area contributed by atoms with Crippen molar-refractivity contribution < 1.29 is 9.53 Å². The monoisotopic (exact) mass is 432 g/mol. The Bertz CT molecular complexity index is 993. The highest BCUT2D eigenvalue weighted by Crippen LogP contribution is 2.31. The van der Waals surface area contributed by atoms with Crippen LogP contribution in [0.5, 0.6) is 5.75 Å². The van der Waals surface area contributed by atoms with Crippen molar-refractivity contribution in [3.63, 3.8) is 0 Å². The van der Waals surface area contributed by atoms with Crippen molar-refractivity contribution in [2.75, 3.05) is 23.5 Å². The molecule has 1 amide bonds. The average Bonchev–Trinajstić information content (AvgIpc) is 3.27. The maximum atomic E-state index is 12.3. The molecule has 29 heavy (non-hydrogen) atoms. The van der Waals surface area contributed by atoms with Gasteiger partial charge in [-0.3, -0.25) is 9.48 Å².